The number of hydrogen-bond acceptors (Lipinski definition) is 10. The molecule has 1 saturated heterocycles. The highest BCUT2D eigenvalue weighted by Crippen LogP contribution is 2.54. The molecule has 2 aliphatic carbocycles. The van der Waals surface area contributed by atoms with Crippen molar-refractivity contribution in [3.05, 3.63) is 110 Å². The SMILES string of the molecule is CC(C)N1C2=CC(=N\C(=O)NCCOc3cc(C(C)(C)C)c(O)c(C(C)(C)C)c3)/C(=C3/C(=O)C(c4cc5c(cc4NC(=O)NCCOc4cc(C(C)(C)C)c(O)c(C(C)(C)C)c4)N(C(C)C)C(C)C5(C)C)=C3O)C=C2C(C)(C)C1C. The number of aromatic hydroxyl groups is 2. The van der Waals surface area contributed by atoms with E-state index in [1.54, 1.807) is 0 Å². The van der Waals surface area contributed by atoms with Crippen molar-refractivity contribution >= 4 is 40.5 Å². The monoisotopic (exact) mass is 1100 g/mol. The van der Waals surface area contributed by atoms with Gasteiger partial charge >= 0.3 is 12.1 Å². The first-order valence-electron chi connectivity index (χ1n) is 28.6. The number of rotatable bonds is 12. The van der Waals surface area contributed by atoms with Gasteiger partial charge in [-0.1, -0.05) is 111 Å². The van der Waals surface area contributed by atoms with Crippen molar-refractivity contribution in [3.63, 3.8) is 0 Å². The molecule has 0 radical (unpaired) electrons. The number of aliphatic imine (C=N–C) groups is 1. The van der Waals surface area contributed by atoms with Gasteiger partial charge < -0.3 is 50.5 Å². The van der Waals surface area contributed by atoms with Gasteiger partial charge in [-0.25, -0.2) is 9.59 Å². The lowest BCUT2D eigenvalue weighted by atomic mass is 9.73. The van der Waals surface area contributed by atoms with Crippen molar-refractivity contribution in [3.8, 4) is 23.0 Å². The van der Waals surface area contributed by atoms with Crippen LogP contribution in [0.5, 0.6) is 23.0 Å². The van der Waals surface area contributed by atoms with E-state index in [1.807, 2.05) is 132 Å². The van der Waals surface area contributed by atoms with Gasteiger partial charge in [-0.15, -0.1) is 0 Å². The molecule has 14 nitrogen and oxygen atoms in total. The van der Waals surface area contributed by atoms with Gasteiger partial charge in [-0.2, -0.15) is 4.99 Å². The van der Waals surface area contributed by atoms with Crippen LogP contribution in [-0.2, 0) is 31.9 Å². The van der Waals surface area contributed by atoms with E-state index in [0.29, 0.717) is 28.3 Å². The number of urea groups is 2. The lowest BCUT2D eigenvalue weighted by Crippen LogP contribution is -2.42. The number of hydrogen-bond donors (Lipinski definition) is 6. The molecule has 14 heteroatoms. The van der Waals surface area contributed by atoms with Crippen molar-refractivity contribution in [1.82, 2.24) is 15.5 Å². The second-order valence-corrected chi connectivity index (χ2v) is 28.2. The number of Topliss-reactive ketones (excluding diaryl/α,β-unsaturated/α-hetero) is 1. The molecule has 434 valence electrons. The quantitative estimate of drug-likeness (QED) is 0.0753. The van der Waals surface area contributed by atoms with Gasteiger partial charge in [-0.3, -0.25) is 4.79 Å². The molecule has 3 aromatic carbocycles. The van der Waals surface area contributed by atoms with Crippen LogP contribution in [0.3, 0.4) is 0 Å². The minimum Gasteiger partial charge on any atom is -0.507 e. The molecule has 2 atom stereocenters. The first-order chi connectivity index (χ1) is 36.7. The second-order valence-electron chi connectivity index (χ2n) is 28.2. The fourth-order valence-electron chi connectivity index (χ4n) is 11.8. The largest absolute Gasteiger partial charge is 0.507 e. The average Bonchev–Trinajstić information content (AvgIpc) is 3.64. The Bertz CT molecular complexity index is 3090. The number of ether oxygens (including phenoxy) is 2. The summed E-state index contributed by atoms with van der Waals surface area (Å²) in [4.78, 5) is 52.3. The number of anilines is 2. The molecule has 0 saturated carbocycles. The summed E-state index contributed by atoms with van der Waals surface area (Å²) < 4.78 is 12.4. The first-order valence-corrected chi connectivity index (χ1v) is 28.6. The van der Waals surface area contributed by atoms with Gasteiger partial charge in [0.15, 0.2) is 0 Å². The number of carbonyl (C=O) groups is 3. The van der Waals surface area contributed by atoms with Crippen LogP contribution in [-0.4, -0.2) is 94.2 Å². The second kappa shape index (κ2) is 21.3. The van der Waals surface area contributed by atoms with Gasteiger partial charge in [-0.05, 0) is 123 Å². The Kier molecular flexibility index (Phi) is 16.2. The van der Waals surface area contributed by atoms with E-state index in [4.69, 9.17) is 9.47 Å². The van der Waals surface area contributed by atoms with Crippen LogP contribution in [0.4, 0.5) is 21.0 Å². The molecule has 7 rings (SSSR count). The minimum atomic E-state index is -0.649. The first kappa shape index (κ1) is 60.9. The summed E-state index contributed by atoms with van der Waals surface area (Å²) in [7, 11) is 0. The third-order valence-electron chi connectivity index (χ3n) is 16.9. The lowest BCUT2D eigenvalue weighted by Gasteiger charge is -2.34. The van der Waals surface area contributed by atoms with E-state index in [9.17, 15) is 24.9 Å². The molecular formula is C66H92N6O8. The highest BCUT2D eigenvalue weighted by atomic mass is 16.5. The van der Waals surface area contributed by atoms with E-state index in [-0.39, 0.29) is 117 Å². The maximum absolute atomic E-state index is 15.1. The summed E-state index contributed by atoms with van der Waals surface area (Å²) in [6.45, 7) is 46.4. The molecule has 4 amide bonds. The standard InChI is InChI=1S/C66H92N6O8/c1-35(2)71-37(5)65(19,20)43-31-41(49(33-51(43)71)69-59(77)67-23-25-79-39-27-45(61(7,8)9)55(73)46(28-39)62(10,11)12)53-57(75)54(58(53)76)42-32-44-52(72(36(3)4)38(6)66(44,21)22)34-50(42)70-60(78)68-24-26-80-40-29-47(63(13,14)15)56(74)48(30-40)64(16,17)18/h27-38,73-75H,23-26H2,1-22H3,(H,67,77)(H2,68,70,78)/b53-41+,69-49+. The van der Waals surface area contributed by atoms with Gasteiger partial charge in [0.05, 0.1) is 35.6 Å². The van der Waals surface area contributed by atoms with Crippen LogP contribution in [0.1, 0.15) is 186 Å². The van der Waals surface area contributed by atoms with Crippen molar-refractivity contribution in [1.29, 1.82) is 0 Å². The summed E-state index contributed by atoms with van der Waals surface area (Å²) in [5.74, 6) is 0.949. The number of phenolic OH excluding ortho intramolecular Hbond substituents is 2. The zero-order valence-electron chi connectivity index (χ0n) is 52.0. The highest BCUT2D eigenvalue weighted by Gasteiger charge is 2.50. The zero-order chi connectivity index (χ0) is 59.9. The van der Waals surface area contributed by atoms with E-state index >= 15 is 4.79 Å². The number of ketones is 1. The number of nitrogens with one attached hydrogen (secondary N) is 3. The molecule has 6 N–H and O–H groups in total. The van der Waals surface area contributed by atoms with Crippen LogP contribution >= 0.6 is 0 Å². The fraction of sp³-hybridized carbons (Fsp3) is 0.545. The van der Waals surface area contributed by atoms with Gasteiger partial charge in [0, 0.05) is 79.8 Å². The van der Waals surface area contributed by atoms with Crippen LogP contribution in [0, 0.1) is 5.41 Å². The molecule has 2 heterocycles. The van der Waals surface area contributed by atoms with Crippen molar-refractivity contribution in [2.24, 2.45) is 10.4 Å². The van der Waals surface area contributed by atoms with E-state index in [2.05, 4.69) is 100.0 Å². The van der Waals surface area contributed by atoms with E-state index in [1.165, 1.54) is 0 Å². The number of benzene rings is 3. The smallest absolute Gasteiger partial charge is 0.341 e. The predicted molar refractivity (Wildman–Crippen MR) is 324 cm³/mol. The summed E-state index contributed by atoms with van der Waals surface area (Å²) in [5, 5.41) is 43.8. The highest BCUT2D eigenvalue weighted by molar-refractivity contribution is 6.42. The van der Waals surface area contributed by atoms with Gasteiger partial charge in [0.2, 0.25) is 5.78 Å². The van der Waals surface area contributed by atoms with E-state index in [0.717, 1.165) is 44.8 Å². The Morgan fingerprint density at radius 3 is 1.52 bits per heavy atom. The van der Waals surface area contributed by atoms with Crippen LogP contribution in [0.2, 0.25) is 0 Å². The third kappa shape index (κ3) is 11.5. The molecular weight excluding hydrogens is 1000 g/mol. The number of phenols is 2. The number of aliphatic hydroxyl groups excluding tert-OH is 1. The predicted octanol–water partition coefficient (Wildman–Crippen LogP) is 13.7. The number of likely N-dealkylation sites (tertiary alicyclic amines) is 1. The third-order valence-corrected chi connectivity index (χ3v) is 16.9. The topological polar surface area (TPSA) is 185 Å². The molecule has 3 aromatic rings. The Morgan fingerprint density at radius 1 is 0.637 bits per heavy atom. The molecule has 80 heavy (non-hydrogen) atoms. The molecule has 0 aromatic heterocycles. The van der Waals surface area contributed by atoms with Crippen molar-refractivity contribution in [2.45, 2.75) is 204 Å². The lowest BCUT2D eigenvalue weighted by molar-refractivity contribution is -0.111. The Labute approximate surface area is 476 Å². The van der Waals surface area contributed by atoms with Crippen LogP contribution in [0.25, 0.3) is 5.57 Å². The Balaban J connectivity index is 1.23. The van der Waals surface area contributed by atoms with E-state index < -0.39 is 17.8 Å². The van der Waals surface area contributed by atoms with Crippen LogP contribution < -0.4 is 30.3 Å². The number of carbonyl (C=O) groups excluding carboxylic acids is 3. The fourth-order valence-corrected chi connectivity index (χ4v) is 11.8. The molecule has 0 bridgehead atoms. The summed E-state index contributed by atoms with van der Waals surface area (Å²) >= 11 is 0. The maximum Gasteiger partial charge on any atom is 0.341 e. The molecule has 0 spiro atoms. The minimum absolute atomic E-state index is 0.0312. The molecule has 4 aliphatic rings. The average molecular weight is 1100 g/mol. The van der Waals surface area contributed by atoms with Crippen molar-refractivity contribution in [2.75, 3.05) is 36.5 Å². The number of allylic oxidation sites excluding steroid dienone is 6. The Morgan fingerprint density at radius 2 is 1.09 bits per heavy atom. The number of aliphatic hydroxyl groups is 1. The number of fused-ring (bicyclic) bond motifs is 2. The normalized spacial score (nSPS) is 20.4. The van der Waals surface area contributed by atoms with Crippen molar-refractivity contribution < 1.29 is 39.2 Å². The summed E-state index contributed by atoms with van der Waals surface area (Å²) in [5.41, 5.74) is 5.99. The number of amides is 4. The maximum atomic E-state index is 15.1. The molecule has 2 aliphatic heterocycles. The molecule has 2 unspecified atom stereocenters. The summed E-state index contributed by atoms with van der Waals surface area (Å²) in [6.07, 6.45) is 3.76. The zero-order valence-corrected chi connectivity index (χ0v) is 52.0. The van der Waals surface area contributed by atoms with Crippen LogP contribution in [0.15, 0.2) is 81.7 Å². The van der Waals surface area contributed by atoms with Gasteiger partial charge in [0.25, 0.3) is 0 Å². The van der Waals surface area contributed by atoms with Gasteiger partial charge in [0.1, 0.15) is 42.0 Å². The Hall–Kier alpha value is -6.70. The number of nitrogens with zero attached hydrogens (tertiary/aromatic N) is 3. The molecule has 1 fully saturated rings. The summed E-state index contributed by atoms with van der Waals surface area (Å²) in [6, 6.07) is 10.4.